The second-order valence-electron chi connectivity index (χ2n) is 9.30. The molecule has 7 nitrogen and oxygen atoms in total. The van der Waals surface area contributed by atoms with Gasteiger partial charge in [-0.15, -0.1) is 12.4 Å². The molecule has 1 aromatic heterocycles. The number of nitrogens with zero attached hydrogens (tertiary/aromatic N) is 4. The normalized spacial score (nSPS) is 11.6. The third kappa shape index (κ3) is 6.78. The van der Waals surface area contributed by atoms with E-state index in [0.29, 0.717) is 17.2 Å². The molecule has 1 heterocycles. The first kappa shape index (κ1) is 29.7. The van der Waals surface area contributed by atoms with Crippen LogP contribution < -0.4 is 4.90 Å². The van der Waals surface area contributed by atoms with Gasteiger partial charge >= 0.3 is 0 Å². The Morgan fingerprint density at radius 2 is 1.58 bits per heavy atom. The Morgan fingerprint density at radius 1 is 0.895 bits per heavy atom. The number of carbonyl (C=O) groups is 1. The number of aromatic nitrogens is 1. The van der Waals surface area contributed by atoms with Crippen LogP contribution in [0, 0.1) is 6.92 Å². The van der Waals surface area contributed by atoms with Crippen molar-refractivity contribution in [1.82, 2.24) is 14.2 Å². The van der Waals surface area contributed by atoms with E-state index in [0.717, 1.165) is 34.3 Å². The quantitative estimate of drug-likeness (QED) is 0.253. The van der Waals surface area contributed by atoms with Crippen LogP contribution in [0.5, 0.6) is 0 Å². The van der Waals surface area contributed by atoms with E-state index in [-0.39, 0.29) is 29.8 Å². The van der Waals surface area contributed by atoms with Gasteiger partial charge in [0, 0.05) is 25.7 Å². The largest absolute Gasteiger partial charge is 0.309 e. The van der Waals surface area contributed by atoms with E-state index in [4.69, 9.17) is 4.98 Å². The lowest BCUT2D eigenvalue weighted by atomic mass is 10.2. The van der Waals surface area contributed by atoms with Crippen LogP contribution in [-0.2, 0) is 16.6 Å². The second kappa shape index (κ2) is 12.8. The molecule has 0 fully saturated rings. The number of carbonyl (C=O) groups excluding carboxylic acids is 1. The van der Waals surface area contributed by atoms with Crippen LogP contribution in [0.1, 0.15) is 27.9 Å². The zero-order valence-electron chi connectivity index (χ0n) is 22.0. The highest BCUT2D eigenvalue weighted by Gasteiger charge is 2.24. The predicted octanol–water partition coefficient (Wildman–Crippen LogP) is 5.45. The van der Waals surface area contributed by atoms with Gasteiger partial charge < -0.3 is 4.90 Å². The fourth-order valence-corrected chi connectivity index (χ4v) is 6.28. The van der Waals surface area contributed by atoms with Gasteiger partial charge in [-0.25, -0.2) is 13.4 Å². The first-order valence-corrected chi connectivity index (χ1v) is 14.4. The average molecular weight is 573 g/mol. The first-order valence-electron chi connectivity index (χ1n) is 12.1. The lowest BCUT2D eigenvalue weighted by molar-refractivity contribution is 0.0986. The number of aryl methyl sites for hydroxylation is 1. The van der Waals surface area contributed by atoms with Crippen LogP contribution in [0.15, 0.2) is 77.7 Å². The molecule has 0 aliphatic rings. The number of para-hydroxylation sites is 1. The number of benzene rings is 3. The third-order valence-electron chi connectivity index (χ3n) is 6.13. The maximum Gasteiger partial charge on any atom is 0.260 e. The van der Waals surface area contributed by atoms with Crippen LogP contribution in [-0.4, -0.2) is 62.7 Å². The van der Waals surface area contributed by atoms with E-state index in [1.807, 2.05) is 69.6 Å². The lowest BCUT2D eigenvalue weighted by Gasteiger charge is -2.21. The van der Waals surface area contributed by atoms with Crippen molar-refractivity contribution in [3.05, 3.63) is 89.5 Å². The molecule has 0 radical (unpaired) electrons. The molecule has 1 amide bonds. The minimum atomic E-state index is -3.71. The molecule has 0 spiro atoms. The third-order valence-corrected chi connectivity index (χ3v) is 8.99. The zero-order valence-corrected chi connectivity index (χ0v) is 24.4. The number of hydrogen-bond acceptors (Lipinski definition) is 6. The highest BCUT2D eigenvalue weighted by molar-refractivity contribution is 7.89. The molecule has 0 aliphatic heterocycles. The zero-order chi connectivity index (χ0) is 26.6. The summed E-state index contributed by atoms with van der Waals surface area (Å²) in [5, 5.41) is 0.646. The Hall–Kier alpha value is -2.82. The van der Waals surface area contributed by atoms with Gasteiger partial charge in [0.1, 0.15) is 0 Å². The van der Waals surface area contributed by atoms with Gasteiger partial charge in [0.2, 0.25) is 10.0 Å². The van der Waals surface area contributed by atoms with Crippen LogP contribution in [0.2, 0.25) is 0 Å². The Bertz CT molecular complexity index is 1470. The van der Waals surface area contributed by atoms with Crippen molar-refractivity contribution in [3.63, 3.8) is 0 Å². The van der Waals surface area contributed by atoms with Gasteiger partial charge in [0.05, 0.1) is 15.1 Å². The summed E-state index contributed by atoms with van der Waals surface area (Å²) in [5.74, 6) is -0.197. The summed E-state index contributed by atoms with van der Waals surface area (Å²) in [6, 6.07) is 21.6. The van der Waals surface area contributed by atoms with Crippen LogP contribution in [0.3, 0.4) is 0 Å². The summed E-state index contributed by atoms with van der Waals surface area (Å²) in [7, 11) is 1.86. The van der Waals surface area contributed by atoms with Crippen molar-refractivity contribution >= 4 is 55.0 Å². The summed E-state index contributed by atoms with van der Waals surface area (Å²) in [4.78, 5) is 22.4. The standard InChI is InChI=1S/C28H32N4O3S2.ClH/c1-21-10-8-13-25-26(21)29-28(36-25)32(19-9-18-30(2)3)27(33)23-14-16-24(17-15-23)37(34,35)31(4)20-22-11-6-5-7-12-22;/h5-8,10-17H,9,18-20H2,1-4H3;1H. The number of rotatable bonds is 10. The summed E-state index contributed by atoms with van der Waals surface area (Å²) in [5.41, 5.74) is 3.29. The maximum absolute atomic E-state index is 13.6. The number of thiazole rings is 1. The molecular weight excluding hydrogens is 540 g/mol. The summed E-state index contributed by atoms with van der Waals surface area (Å²) >= 11 is 1.49. The average Bonchev–Trinajstić information content (AvgIpc) is 3.32. The number of amides is 1. The molecule has 3 aromatic carbocycles. The van der Waals surface area contributed by atoms with Crippen molar-refractivity contribution in [2.45, 2.75) is 24.8 Å². The van der Waals surface area contributed by atoms with Crippen molar-refractivity contribution < 1.29 is 13.2 Å². The molecule has 0 saturated heterocycles. The van der Waals surface area contributed by atoms with Gasteiger partial charge in [-0.2, -0.15) is 4.31 Å². The Labute approximate surface area is 235 Å². The number of fused-ring (bicyclic) bond motifs is 1. The molecule has 0 aliphatic carbocycles. The summed E-state index contributed by atoms with van der Waals surface area (Å²) < 4.78 is 28.6. The monoisotopic (exact) mass is 572 g/mol. The molecule has 0 atom stereocenters. The van der Waals surface area contributed by atoms with E-state index in [1.165, 1.54) is 27.8 Å². The molecule has 4 rings (SSSR count). The second-order valence-corrected chi connectivity index (χ2v) is 12.4. The van der Waals surface area contributed by atoms with Crippen LogP contribution in [0.25, 0.3) is 10.2 Å². The molecule has 0 bridgehead atoms. The van der Waals surface area contributed by atoms with Crippen molar-refractivity contribution in [1.29, 1.82) is 0 Å². The summed E-state index contributed by atoms with van der Waals surface area (Å²) in [6.07, 6.45) is 0.782. The minimum Gasteiger partial charge on any atom is -0.309 e. The number of halogens is 1. The number of sulfonamides is 1. The molecule has 0 saturated carbocycles. The van der Waals surface area contributed by atoms with Crippen molar-refractivity contribution in [2.24, 2.45) is 0 Å². The van der Waals surface area contributed by atoms with Gasteiger partial charge in [0.25, 0.3) is 5.91 Å². The highest BCUT2D eigenvalue weighted by atomic mass is 35.5. The van der Waals surface area contributed by atoms with Gasteiger partial charge in [-0.3, -0.25) is 9.69 Å². The van der Waals surface area contributed by atoms with E-state index < -0.39 is 10.0 Å². The van der Waals surface area contributed by atoms with Gasteiger partial charge in [0.15, 0.2) is 5.13 Å². The lowest BCUT2D eigenvalue weighted by Crippen LogP contribution is -2.33. The fourth-order valence-electron chi connectivity index (χ4n) is 4.05. The van der Waals surface area contributed by atoms with Crippen LogP contribution in [0.4, 0.5) is 5.13 Å². The topological polar surface area (TPSA) is 73.8 Å². The molecule has 38 heavy (non-hydrogen) atoms. The minimum absolute atomic E-state index is 0. The maximum atomic E-state index is 13.6. The SMILES string of the molecule is Cc1cccc2sc(N(CCCN(C)C)C(=O)c3ccc(S(=O)(=O)N(C)Cc4ccccc4)cc3)nc12.Cl. The molecule has 10 heteroatoms. The fraction of sp³-hybridized carbons (Fsp3) is 0.286. The highest BCUT2D eigenvalue weighted by Crippen LogP contribution is 2.31. The molecular formula is C28H33ClN4O3S2. The van der Waals surface area contributed by atoms with E-state index in [9.17, 15) is 13.2 Å². The van der Waals surface area contributed by atoms with Crippen LogP contribution >= 0.6 is 23.7 Å². The molecule has 0 unspecified atom stereocenters. The predicted molar refractivity (Wildman–Crippen MR) is 158 cm³/mol. The first-order chi connectivity index (χ1) is 17.7. The Balaban J connectivity index is 0.00000400. The molecule has 4 aromatic rings. The Kier molecular flexibility index (Phi) is 10.0. The Morgan fingerprint density at radius 3 is 2.21 bits per heavy atom. The van der Waals surface area contributed by atoms with E-state index >= 15 is 0 Å². The van der Waals surface area contributed by atoms with E-state index in [1.54, 1.807) is 24.1 Å². The van der Waals surface area contributed by atoms with Gasteiger partial charge in [-0.05, 0) is 75.4 Å². The van der Waals surface area contributed by atoms with Crippen molar-refractivity contribution in [2.75, 3.05) is 39.1 Å². The van der Waals surface area contributed by atoms with Gasteiger partial charge in [-0.1, -0.05) is 53.8 Å². The molecule has 0 N–H and O–H groups in total. The smallest absolute Gasteiger partial charge is 0.260 e. The van der Waals surface area contributed by atoms with Crippen molar-refractivity contribution in [3.8, 4) is 0 Å². The summed E-state index contributed by atoms with van der Waals surface area (Å²) in [6.45, 7) is 3.62. The van der Waals surface area contributed by atoms with E-state index in [2.05, 4.69) is 4.90 Å². The number of anilines is 1. The number of hydrogen-bond donors (Lipinski definition) is 0. The molecule has 202 valence electrons.